The number of aromatic hydroxyl groups is 1. The molecule has 0 atom stereocenters. The summed E-state index contributed by atoms with van der Waals surface area (Å²) < 4.78 is 12.4. The molecule has 0 unspecified atom stereocenters. The third-order valence-electron chi connectivity index (χ3n) is 5.55. The van der Waals surface area contributed by atoms with Crippen LogP contribution in [-0.2, 0) is 11.2 Å². The smallest absolute Gasteiger partial charge is 0.250 e. The Morgan fingerprint density at radius 2 is 1.74 bits per heavy atom. The first kappa shape index (κ1) is 26.5. The van der Waals surface area contributed by atoms with E-state index >= 15 is 0 Å². The van der Waals surface area contributed by atoms with Crippen molar-refractivity contribution >= 4 is 23.9 Å². The molecule has 0 bridgehead atoms. The van der Waals surface area contributed by atoms with Gasteiger partial charge < -0.3 is 14.6 Å². The number of nitrogens with one attached hydrogen (secondary N) is 1. The Kier molecular flexibility index (Phi) is 8.78. The van der Waals surface area contributed by atoms with Gasteiger partial charge in [-0.25, -0.2) is 5.43 Å². The zero-order valence-electron chi connectivity index (χ0n) is 21.0. The number of para-hydroxylation sites is 1. The third kappa shape index (κ3) is 6.22. The number of hydrazone groups is 1. The quantitative estimate of drug-likeness (QED) is 0.126. The minimum Gasteiger partial charge on any atom is -0.507 e. The predicted octanol–water partition coefficient (Wildman–Crippen LogP) is 4.63. The first-order valence-electron chi connectivity index (χ1n) is 11.6. The van der Waals surface area contributed by atoms with E-state index in [0.29, 0.717) is 23.0 Å². The van der Waals surface area contributed by atoms with Gasteiger partial charge in [0.25, 0.3) is 5.91 Å². The van der Waals surface area contributed by atoms with Crippen molar-refractivity contribution in [3.63, 3.8) is 0 Å². The van der Waals surface area contributed by atoms with Crippen LogP contribution in [0.2, 0.25) is 0 Å². The van der Waals surface area contributed by atoms with Crippen molar-refractivity contribution < 1.29 is 19.4 Å². The first-order valence-corrected chi connectivity index (χ1v) is 12.6. The molecule has 4 aromatic rings. The van der Waals surface area contributed by atoms with E-state index < -0.39 is 0 Å². The van der Waals surface area contributed by atoms with Gasteiger partial charge in [0.05, 0.1) is 26.2 Å². The maximum atomic E-state index is 12.5. The zero-order chi connectivity index (χ0) is 26.9. The van der Waals surface area contributed by atoms with Crippen LogP contribution in [0.25, 0.3) is 17.1 Å². The summed E-state index contributed by atoms with van der Waals surface area (Å²) in [5.41, 5.74) is 5.39. The maximum absolute atomic E-state index is 12.5. The number of carbonyl (C=O) groups is 1. The van der Waals surface area contributed by atoms with Gasteiger partial charge in [0, 0.05) is 16.8 Å². The van der Waals surface area contributed by atoms with Gasteiger partial charge in [-0.1, -0.05) is 30.0 Å². The molecule has 0 aliphatic rings. The van der Waals surface area contributed by atoms with E-state index in [0.717, 1.165) is 28.3 Å². The van der Waals surface area contributed by atoms with Crippen LogP contribution in [0.3, 0.4) is 0 Å². The second kappa shape index (κ2) is 12.6. The molecule has 3 aromatic carbocycles. The molecule has 38 heavy (non-hydrogen) atoms. The van der Waals surface area contributed by atoms with Crippen molar-refractivity contribution in [3.05, 3.63) is 90.5 Å². The number of nitrogens with zero attached hydrogens (tertiary/aromatic N) is 4. The number of amides is 1. The van der Waals surface area contributed by atoms with Gasteiger partial charge in [0.2, 0.25) is 0 Å². The number of hydrogen-bond acceptors (Lipinski definition) is 8. The van der Waals surface area contributed by atoms with Crippen molar-refractivity contribution in [2.75, 3.05) is 20.0 Å². The van der Waals surface area contributed by atoms with Crippen LogP contribution in [0.1, 0.15) is 11.1 Å². The summed E-state index contributed by atoms with van der Waals surface area (Å²) in [7, 11) is 3.22. The summed E-state index contributed by atoms with van der Waals surface area (Å²) in [5.74, 6) is 1.91. The molecule has 2 N–H and O–H groups in total. The van der Waals surface area contributed by atoms with Crippen LogP contribution < -0.4 is 14.9 Å². The highest BCUT2D eigenvalue weighted by molar-refractivity contribution is 7.99. The van der Waals surface area contributed by atoms with Crippen molar-refractivity contribution in [2.45, 2.75) is 11.6 Å². The van der Waals surface area contributed by atoms with E-state index in [-0.39, 0.29) is 17.4 Å². The molecule has 0 fully saturated rings. The second-order valence-corrected chi connectivity index (χ2v) is 8.94. The largest absolute Gasteiger partial charge is 0.507 e. The molecule has 1 heterocycles. The second-order valence-electron chi connectivity index (χ2n) is 8.00. The summed E-state index contributed by atoms with van der Waals surface area (Å²) in [6, 6.07) is 20.3. The standard InChI is InChI=1S/C28H27N5O4S/c1-4-6-19-7-5-8-21(26(19)35)17-29-30-25(34)18-38-28-32-31-27(20-9-13-23(36-2)14-10-20)33(28)22-11-15-24(37-3)16-12-22/h4-5,7-17,35H,1,6,18H2,2-3H3,(H,30,34)/b29-17-. The summed E-state index contributed by atoms with van der Waals surface area (Å²) in [5, 5.41) is 23.6. The Hall–Kier alpha value is -4.57. The van der Waals surface area contributed by atoms with E-state index in [1.807, 2.05) is 65.2 Å². The monoisotopic (exact) mass is 529 g/mol. The predicted molar refractivity (Wildman–Crippen MR) is 148 cm³/mol. The van der Waals surface area contributed by atoms with E-state index in [4.69, 9.17) is 9.47 Å². The SMILES string of the molecule is C=CCc1cccc(/C=N\NC(=O)CSc2nnc(-c3ccc(OC)cc3)n2-c2ccc(OC)cc2)c1O. The van der Waals surface area contributed by atoms with Gasteiger partial charge in [0.15, 0.2) is 11.0 Å². The van der Waals surface area contributed by atoms with Gasteiger partial charge in [-0.3, -0.25) is 9.36 Å². The Morgan fingerprint density at radius 1 is 1.05 bits per heavy atom. The normalized spacial score (nSPS) is 10.9. The van der Waals surface area contributed by atoms with Crippen LogP contribution in [-0.4, -0.2) is 52.0 Å². The number of carbonyl (C=O) groups excluding carboxylic acids is 1. The van der Waals surface area contributed by atoms with Crippen molar-refractivity contribution in [2.24, 2.45) is 5.10 Å². The van der Waals surface area contributed by atoms with Crippen molar-refractivity contribution in [1.82, 2.24) is 20.2 Å². The number of allylic oxidation sites excluding steroid dienone is 1. The number of phenols is 1. The summed E-state index contributed by atoms with van der Waals surface area (Å²) in [4.78, 5) is 12.5. The molecule has 0 spiro atoms. The van der Waals surface area contributed by atoms with Gasteiger partial charge in [-0.2, -0.15) is 5.10 Å². The molecule has 0 aliphatic heterocycles. The van der Waals surface area contributed by atoms with Crippen molar-refractivity contribution in [3.8, 4) is 34.3 Å². The number of phenolic OH excluding ortho intramolecular Hbond substituents is 1. The molecular weight excluding hydrogens is 502 g/mol. The molecule has 4 rings (SSSR count). The molecule has 0 saturated carbocycles. The van der Waals surface area contributed by atoms with E-state index in [1.54, 1.807) is 26.4 Å². The average Bonchev–Trinajstić information content (AvgIpc) is 3.38. The lowest BCUT2D eigenvalue weighted by atomic mass is 10.1. The lowest BCUT2D eigenvalue weighted by Crippen LogP contribution is -2.20. The number of aromatic nitrogens is 3. The average molecular weight is 530 g/mol. The fraction of sp³-hybridized carbons (Fsp3) is 0.143. The van der Waals surface area contributed by atoms with Crippen LogP contribution in [0, 0.1) is 0 Å². The van der Waals surface area contributed by atoms with Crippen LogP contribution >= 0.6 is 11.8 Å². The number of methoxy groups -OCH3 is 2. The fourth-order valence-corrected chi connectivity index (χ4v) is 4.37. The van der Waals surface area contributed by atoms with Gasteiger partial charge in [-0.05, 0) is 66.6 Å². The van der Waals surface area contributed by atoms with Crippen LogP contribution in [0.4, 0.5) is 0 Å². The Morgan fingerprint density at radius 3 is 2.39 bits per heavy atom. The Labute approximate surface area is 224 Å². The van der Waals surface area contributed by atoms with E-state index in [2.05, 4.69) is 27.3 Å². The number of benzene rings is 3. The molecule has 1 aromatic heterocycles. The lowest BCUT2D eigenvalue weighted by molar-refractivity contribution is -0.118. The minimum atomic E-state index is -0.330. The molecule has 0 radical (unpaired) electrons. The summed E-state index contributed by atoms with van der Waals surface area (Å²) in [6.07, 6.45) is 3.65. The van der Waals surface area contributed by atoms with E-state index in [9.17, 15) is 9.90 Å². The number of thioether (sulfide) groups is 1. The maximum Gasteiger partial charge on any atom is 0.250 e. The number of ether oxygens (including phenoxy) is 2. The highest BCUT2D eigenvalue weighted by Gasteiger charge is 2.17. The Balaban J connectivity index is 1.51. The van der Waals surface area contributed by atoms with Crippen LogP contribution in [0.15, 0.2) is 89.6 Å². The lowest BCUT2D eigenvalue weighted by Gasteiger charge is -2.11. The molecule has 1 amide bonds. The number of rotatable bonds is 11. The molecule has 194 valence electrons. The molecule has 10 heteroatoms. The highest BCUT2D eigenvalue weighted by Crippen LogP contribution is 2.30. The van der Waals surface area contributed by atoms with Crippen LogP contribution in [0.5, 0.6) is 17.2 Å². The first-order chi connectivity index (χ1) is 18.5. The molecule has 0 aliphatic carbocycles. The summed E-state index contributed by atoms with van der Waals surface area (Å²) >= 11 is 1.23. The zero-order valence-corrected chi connectivity index (χ0v) is 21.8. The Bertz CT molecular complexity index is 1430. The topological polar surface area (TPSA) is 111 Å². The van der Waals surface area contributed by atoms with Gasteiger partial charge in [-0.15, -0.1) is 16.8 Å². The molecular formula is C28H27N5O4S. The van der Waals surface area contributed by atoms with Gasteiger partial charge >= 0.3 is 0 Å². The van der Waals surface area contributed by atoms with E-state index in [1.165, 1.54) is 18.0 Å². The van der Waals surface area contributed by atoms with Gasteiger partial charge in [0.1, 0.15) is 17.2 Å². The number of hydrogen-bond donors (Lipinski definition) is 2. The highest BCUT2D eigenvalue weighted by atomic mass is 32.2. The third-order valence-corrected chi connectivity index (χ3v) is 6.48. The molecule has 0 saturated heterocycles. The van der Waals surface area contributed by atoms with Crippen molar-refractivity contribution in [1.29, 1.82) is 0 Å². The molecule has 9 nitrogen and oxygen atoms in total. The summed E-state index contributed by atoms with van der Waals surface area (Å²) in [6.45, 7) is 3.69. The fourth-order valence-electron chi connectivity index (χ4n) is 3.63. The minimum absolute atomic E-state index is 0.0523.